The number of aryl methyl sites for hydroxylation is 1. The molecule has 0 fully saturated rings. The first-order chi connectivity index (χ1) is 10.6. The van der Waals surface area contributed by atoms with E-state index in [1.807, 2.05) is 12.1 Å². The summed E-state index contributed by atoms with van der Waals surface area (Å²) in [6, 6.07) is 16.3. The fraction of sp³-hybridized carbons (Fsp3) is 0.0588. The van der Waals surface area contributed by atoms with Gasteiger partial charge in [-0.2, -0.15) is 5.10 Å². The summed E-state index contributed by atoms with van der Waals surface area (Å²) < 4.78 is 19.8. The lowest BCUT2D eigenvalue weighted by Gasteiger charge is -2.07. The lowest BCUT2D eigenvalue weighted by atomic mass is 10.1. The van der Waals surface area contributed by atoms with E-state index in [2.05, 4.69) is 5.10 Å². The molecule has 2 aromatic carbocycles. The zero-order chi connectivity index (χ0) is 15.5. The van der Waals surface area contributed by atoms with E-state index < -0.39 is 0 Å². The van der Waals surface area contributed by atoms with Gasteiger partial charge in [-0.15, -0.1) is 0 Å². The molecule has 22 heavy (non-hydrogen) atoms. The highest BCUT2D eigenvalue weighted by Gasteiger charge is 2.03. The molecule has 0 radical (unpaired) electrons. The van der Waals surface area contributed by atoms with E-state index in [4.69, 9.17) is 4.74 Å². The van der Waals surface area contributed by atoms with Gasteiger partial charge in [-0.3, -0.25) is 4.79 Å². The largest absolute Gasteiger partial charge is 0.457 e. The molecule has 0 bridgehead atoms. The van der Waals surface area contributed by atoms with E-state index in [-0.39, 0.29) is 11.4 Å². The van der Waals surface area contributed by atoms with Crippen LogP contribution in [0, 0.1) is 5.82 Å². The first-order valence-corrected chi connectivity index (χ1v) is 6.70. The highest BCUT2D eigenvalue weighted by Crippen LogP contribution is 2.24. The topological polar surface area (TPSA) is 44.1 Å². The first-order valence-electron chi connectivity index (χ1n) is 6.70. The van der Waals surface area contributed by atoms with Gasteiger partial charge in [0.15, 0.2) is 0 Å². The second-order valence-corrected chi connectivity index (χ2v) is 4.76. The lowest BCUT2D eigenvalue weighted by Crippen LogP contribution is -2.18. The predicted octanol–water partition coefficient (Wildman–Crippen LogP) is 3.38. The van der Waals surface area contributed by atoms with Crippen LogP contribution in [0.3, 0.4) is 0 Å². The Labute approximate surface area is 126 Å². The molecule has 0 saturated carbocycles. The second kappa shape index (κ2) is 5.81. The van der Waals surface area contributed by atoms with Crippen molar-refractivity contribution in [3.8, 4) is 22.8 Å². The van der Waals surface area contributed by atoms with Gasteiger partial charge in [-0.05, 0) is 54.6 Å². The van der Waals surface area contributed by atoms with Crippen molar-refractivity contribution >= 4 is 0 Å². The summed E-state index contributed by atoms with van der Waals surface area (Å²) in [7, 11) is 1.61. The van der Waals surface area contributed by atoms with Crippen LogP contribution in [-0.2, 0) is 7.05 Å². The Kier molecular flexibility index (Phi) is 3.70. The van der Waals surface area contributed by atoms with Crippen molar-refractivity contribution in [3.63, 3.8) is 0 Å². The van der Waals surface area contributed by atoms with Gasteiger partial charge in [0.1, 0.15) is 17.3 Å². The number of ether oxygens (including phenoxy) is 1. The number of nitrogens with zero attached hydrogens (tertiary/aromatic N) is 2. The molecular formula is C17H13FN2O2. The Balaban J connectivity index is 1.81. The maximum Gasteiger partial charge on any atom is 0.266 e. The van der Waals surface area contributed by atoms with Gasteiger partial charge in [-0.1, -0.05) is 0 Å². The first kappa shape index (κ1) is 14.0. The molecule has 0 aliphatic heterocycles. The summed E-state index contributed by atoms with van der Waals surface area (Å²) in [5.74, 6) is 0.901. The molecular weight excluding hydrogens is 283 g/mol. The predicted molar refractivity (Wildman–Crippen MR) is 81.4 cm³/mol. The fourth-order valence-corrected chi connectivity index (χ4v) is 1.99. The van der Waals surface area contributed by atoms with Gasteiger partial charge >= 0.3 is 0 Å². The summed E-state index contributed by atoms with van der Waals surface area (Å²) in [6.07, 6.45) is 0. The van der Waals surface area contributed by atoms with Crippen molar-refractivity contribution in [1.82, 2.24) is 9.78 Å². The van der Waals surface area contributed by atoms with Crippen molar-refractivity contribution in [2.75, 3.05) is 0 Å². The number of halogens is 1. The van der Waals surface area contributed by atoms with Gasteiger partial charge in [0.25, 0.3) is 5.56 Å². The van der Waals surface area contributed by atoms with Crippen LogP contribution in [0.25, 0.3) is 11.3 Å². The summed E-state index contributed by atoms with van der Waals surface area (Å²) >= 11 is 0. The van der Waals surface area contributed by atoms with E-state index in [9.17, 15) is 9.18 Å². The molecule has 5 heteroatoms. The van der Waals surface area contributed by atoms with Crippen molar-refractivity contribution in [2.24, 2.45) is 7.05 Å². The van der Waals surface area contributed by atoms with Crippen LogP contribution in [0.15, 0.2) is 65.5 Å². The molecule has 0 N–H and O–H groups in total. The average Bonchev–Trinajstić information content (AvgIpc) is 2.53. The molecule has 0 aliphatic carbocycles. The molecule has 0 aliphatic rings. The standard InChI is InChI=1S/C17H13FN2O2/c1-20-17(21)11-10-16(19-20)12-2-6-14(7-3-12)22-15-8-4-13(18)5-9-15/h2-11H,1H3. The van der Waals surface area contributed by atoms with Gasteiger partial charge in [0.05, 0.1) is 5.69 Å². The maximum absolute atomic E-state index is 12.8. The van der Waals surface area contributed by atoms with Crippen LogP contribution in [0.4, 0.5) is 4.39 Å². The van der Waals surface area contributed by atoms with Gasteiger partial charge in [-0.25, -0.2) is 9.07 Å². The number of aromatic nitrogens is 2. The molecule has 0 saturated heterocycles. The van der Waals surface area contributed by atoms with Crippen LogP contribution >= 0.6 is 0 Å². The van der Waals surface area contributed by atoms with Crippen molar-refractivity contribution in [1.29, 1.82) is 0 Å². The fourth-order valence-electron chi connectivity index (χ4n) is 1.99. The van der Waals surface area contributed by atoms with Gasteiger partial charge in [0.2, 0.25) is 0 Å². The SMILES string of the molecule is Cn1nc(-c2ccc(Oc3ccc(F)cc3)cc2)ccc1=O. The molecule has 0 spiro atoms. The second-order valence-electron chi connectivity index (χ2n) is 4.76. The summed E-state index contributed by atoms with van der Waals surface area (Å²) in [5, 5.41) is 4.19. The van der Waals surface area contributed by atoms with Gasteiger partial charge < -0.3 is 4.74 Å². The monoisotopic (exact) mass is 296 g/mol. The number of benzene rings is 2. The number of hydrogen-bond acceptors (Lipinski definition) is 3. The van der Waals surface area contributed by atoms with Crippen LogP contribution < -0.4 is 10.3 Å². The third-order valence-electron chi connectivity index (χ3n) is 3.16. The lowest BCUT2D eigenvalue weighted by molar-refractivity contribution is 0.480. The minimum Gasteiger partial charge on any atom is -0.457 e. The average molecular weight is 296 g/mol. The number of hydrogen-bond donors (Lipinski definition) is 0. The van der Waals surface area contributed by atoms with Gasteiger partial charge in [0, 0.05) is 18.7 Å². The Hall–Kier alpha value is -2.95. The zero-order valence-electron chi connectivity index (χ0n) is 11.9. The van der Waals surface area contributed by atoms with Crippen molar-refractivity contribution in [3.05, 3.63) is 76.8 Å². The van der Waals surface area contributed by atoms with Crippen molar-refractivity contribution in [2.45, 2.75) is 0 Å². The summed E-state index contributed by atoms with van der Waals surface area (Å²) in [6.45, 7) is 0. The van der Waals surface area contributed by atoms with E-state index >= 15 is 0 Å². The summed E-state index contributed by atoms with van der Waals surface area (Å²) in [5.41, 5.74) is 1.43. The van der Waals surface area contributed by atoms with E-state index in [0.29, 0.717) is 17.2 Å². The molecule has 0 atom stereocenters. The normalized spacial score (nSPS) is 10.5. The molecule has 0 unspecified atom stereocenters. The smallest absolute Gasteiger partial charge is 0.266 e. The highest BCUT2D eigenvalue weighted by atomic mass is 19.1. The Bertz CT molecular complexity index is 840. The third-order valence-corrected chi connectivity index (χ3v) is 3.16. The molecule has 3 aromatic rings. The molecule has 1 aromatic heterocycles. The highest BCUT2D eigenvalue weighted by molar-refractivity contribution is 5.59. The Morgan fingerprint density at radius 3 is 2.09 bits per heavy atom. The quantitative estimate of drug-likeness (QED) is 0.744. The zero-order valence-corrected chi connectivity index (χ0v) is 11.9. The molecule has 3 rings (SSSR count). The van der Waals surface area contributed by atoms with E-state index in [1.54, 1.807) is 37.4 Å². The molecule has 1 heterocycles. The van der Waals surface area contributed by atoms with E-state index in [0.717, 1.165) is 5.56 Å². The van der Waals surface area contributed by atoms with Crippen LogP contribution in [0.5, 0.6) is 11.5 Å². The number of rotatable bonds is 3. The Morgan fingerprint density at radius 1 is 0.909 bits per heavy atom. The Morgan fingerprint density at radius 2 is 1.50 bits per heavy atom. The minimum absolute atomic E-state index is 0.153. The molecule has 0 amide bonds. The third kappa shape index (κ3) is 3.03. The van der Waals surface area contributed by atoms with Crippen LogP contribution in [0.1, 0.15) is 0 Å². The van der Waals surface area contributed by atoms with Crippen LogP contribution in [0.2, 0.25) is 0 Å². The maximum atomic E-state index is 12.8. The molecule has 4 nitrogen and oxygen atoms in total. The molecule has 110 valence electrons. The summed E-state index contributed by atoms with van der Waals surface area (Å²) in [4.78, 5) is 11.3. The van der Waals surface area contributed by atoms with Crippen LogP contribution in [-0.4, -0.2) is 9.78 Å². The minimum atomic E-state index is -0.302. The van der Waals surface area contributed by atoms with E-state index in [1.165, 1.54) is 22.9 Å². The van der Waals surface area contributed by atoms with Crippen molar-refractivity contribution < 1.29 is 9.13 Å².